The van der Waals surface area contributed by atoms with Gasteiger partial charge in [0.15, 0.2) is 85.7 Å². The lowest BCUT2D eigenvalue weighted by Crippen LogP contribution is -2.81. The molecule has 2 nitrogen and oxygen atoms in total. The molecule has 7 rings (SSSR count). The summed E-state index contributed by atoms with van der Waals surface area (Å²) in [5.74, 6) is -68.7. The Morgan fingerprint density at radius 1 is 0.357 bits per heavy atom. The van der Waals surface area contributed by atoms with Gasteiger partial charge in [0.25, 0.3) is 0 Å². The van der Waals surface area contributed by atoms with E-state index in [1.165, 1.54) is 0 Å². The maximum atomic E-state index is 15.4. The van der Waals surface area contributed by atoms with E-state index in [2.05, 4.69) is 11.2 Å². The van der Waals surface area contributed by atoms with Gasteiger partial charge in [0, 0.05) is 11.1 Å². The third-order valence-corrected chi connectivity index (χ3v) is 12.5. The van der Waals surface area contributed by atoms with Gasteiger partial charge in [0.2, 0.25) is 15.7 Å². The summed E-state index contributed by atoms with van der Waals surface area (Å²) in [6.45, 7) is 0. The van der Waals surface area contributed by atoms with Crippen LogP contribution in [0.15, 0.2) is 95.9 Å². The summed E-state index contributed by atoms with van der Waals surface area (Å²) in [6, 6.07) is 27.3. The first kappa shape index (κ1) is 52.0. The predicted molar refractivity (Wildman–Crippen MR) is 211 cm³/mol. The van der Waals surface area contributed by atoms with Crippen LogP contribution < -0.4 is 21.9 Å². The molecule has 0 N–H and O–H groups in total. The fraction of sp³-hybridized carbons (Fsp3) is 0.0217. The van der Waals surface area contributed by atoms with Crippen molar-refractivity contribution in [2.24, 2.45) is 0 Å². The molecule has 0 aromatic heterocycles. The lowest BCUT2D eigenvalue weighted by atomic mass is 9.12. The number of hydrogen-bond acceptors (Lipinski definition) is 2. The molecule has 0 saturated heterocycles. The Labute approximate surface area is 380 Å². The first-order valence-corrected chi connectivity index (χ1v) is 20.6. The zero-order chi connectivity index (χ0) is 51.9. The molecule has 0 aliphatic rings. The Morgan fingerprint density at radius 3 is 0.886 bits per heavy atom. The summed E-state index contributed by atoms with van der Waals surface area (Å²) in [7, 11) is -2.82. The second-order valence-corrected chi connectivity index (χ2v) is 16.6. The summed E-state index contributed by atoms with van der Waals surface area (Å²) in [5.41, 5.74) is -13.0. The number of benzene rings is 7. The van der Waals surface area contributed by atoms with Crippen LogP contribution in [0.25, 0.3) is 0 Å². The molecule has 1 unspecified atom stereocenters. The second kappa shape index (κ2) is 19.9. The third-order valence-electron chi connectivity index (χ3n) is 10.4. The molecule has 1 atom stereocenters. The molecule has 0 amide bonds. The molecule has 7 aromatic rings. The molecule has 0 aliphatic heterocycles. The molecule has 0 aliphatic carbocycles. The largest absolute Gasteiger partial charge is 0.289 e. The van der Waals surface area contributed by atoms with Gasteiger partial charge >= 0.3 is 0 Å². The van der Waals surface area contributed by atoms with Gasteiger partial charge in [-0.3, -0.25) is 4.79 Å². The number of ketones is 1. The van der Waals surface area contributed by atoms with Crippen LogP contribution in [0.5, 0.6) is 0 Å². The van der Waals surface area contributed by atoms with Gasteiger partial charge in [-0.1, -0.05) is 70.9 Å². The van der Waals surface area contributed by atoms with E-state index in [1.807, 2.05) is 54.6 Å². The minimum Gasteiger partial charge on any atom is -0.289 e. The summed E-state index contributed by atoms with van der Waals surface area (Å²) in [4.78, 5) is 13.2. The molecule has 7 aromatic carbocycles. The molecule has 0 saturated carbocycles. The molecule has 362 valence electrons. The van der Waals surface area contributed by atoms with E-state index in [-0.39, 0.29) is 11.5 Å². The van der Waals surface area contributed by atoms with Gasteiger partial charge in [-0.2, -0.15) is 0 Å². The van der Waals surface area contributed by atoms with Gasteiger partial charge in [0.1, 0.15) is 52.7 Å². The summed E-state index contributed by atoms with van der Waals surface area (Å²) >= 11 is 0. The minimum atomic E-state index is -7.22. The maximum Gasteiger partial charge on any atom is 0.213 e. The van der Waals surface area contributed by atoms with Gasteiger partial charge in [-0.15, -0.1) is 21.9 Å². The van der Waals surface area contributed by atoms with Gasteiger partial charge < -0.3 is 0 Å². The lowest BCUT2D eigenvalue weighted by molar-refractivity contribution is 0.102. The van der Waals surface area contributed by atoms with E-state index in [0.29, 0.717) is 10.5 Å². The molecule has 24 heteroatoms. The average molecular weight is 1020 g/mol. The number of carbonyl (C=O) groups excluding carboxylic acids is 1. The monoisotopic (exact) mass is 1020 g/mol. The van der Waals surface area contributed by atoms with Crippen molar-refractivity contribution in [2.45, 2.75) is 4.90 Å². The third kappa shape index (κ3) is 8.66. The summed E-state index contributed by atoms with van der Waals surface area (Å²) < 4.78 is 308. The Kier molecular flexibility index (Phi) is 14.8. The van der Waals surface area contributed by atoms with Gasteiger partial charge in [-0.05, 0) is 30.2 Å². The highest BCUT2D eigenvalue weighted by atomic mass is 32.2. The first-order chi connectivity index (χ1) is 32.9. The zero-order valence-electron chi connectivity index (χ0n) is 33.7. The minimum absolute atomic E-state index is 0.124. The normalized spacial score (nSPS) is 12.2. The van der Waals surface area contributed by atoms with Crippen LogP contribution in [0.3, 0.4) is 0 Å². The van der Waals surface area contributed by atoms with Crippen molar-refractivity contribution in [3.63, 3.8) is 0 Å². The van der Waals surface area contributed by atoms with Crippen LogP contribution in [0.1, 0.15) is 15.9 Å². The van der Waals surface area contributed by atoms with Gasteiger partial charge in [-0.25, -0.2) is 87.8 Å². The Morgan fingerprint density at radius 2 is 0.600 bits per heavy atom. The smallest absolute Gasteiger partial charge is 0.213 e. The number of carbonyl (C=O) groups is 1. The highest BCUT2D eigenvalue weighted by molar-refractivity contribution is 8.07. The summed E-state index contributed by atoms with van der Waals surface area (Å²) in [6.07, 6.45) is -7.22. The van der Waals surface area contributed by atoms with E-state index >= 15 is 35.1 Å². The standard InChI is InChI=1S/C24BF20.C22H17O2S/c26-5-1(6(27)14(35)21(42)13(5)34)25(2-7(28)15(36)22(43)16(37)8(2)29,3-9(30)17(38)23(44)18(39)10(3)31)4-11(32)19(40)24(45)20(41)12(4)33;23-22(20-12-6-2-7-13-20)18-25(24,21-14-8-3-9-15-21)17-16-19-10-4-1-5-11-19/h;1-15H,18H2/q-1;+1. The van der Waals surface area contributed by atoms with Crippen molar-refractivity contribution in [2.75, 3.05) is 5.75 Å². The molecular weight excluding hydrogens is 1010 g/mol. The first-order valence-electron chi connectivity index (χ1n) is 18.8. The van der Waals surface area contributed by atoms with Crippen LogP contribution in [0.2, 0.25) is 0 Å². The maximum absolute atomic E-state index is 15.4. The molecule has 70 heavy (non-hydrogen) atoms. The van der Waals surface area contributed by atoms with Crippen molar-refractivity contribution in [1.82, 2.24) is 0 Å². The zero-order valence-corrected chi connectivity index (χ0v) is 34.5. The SMILES string of the molecule is Fc1c(F)c(F)c([B-](c2c(F)c(F)c(F)c(F)c2F)(c2c(F)c(F)c(F)c(F)c2F)c2c(F)c(F)c(F)c(F)c2F)c(F)c1F.O=C(C[S+](=O)(C#Cc1ccccc1)c1ccccc1)c1ccccc1. The molecule has 0 fully saturated rings. The van der Waals surface area contributed by atoms with Crippen molar-refractivity contribution in [3.05, 3.63) is 218 Å². The van der Waals surface area contributed by atoms with Crippen molar-refractivity contribution >= 4 is 43.7 Å². The van der Waals surface area contributed by atoms with E-state index in [9.17, 15) is 61.7 Å². The Balaban J connectivity index is 0.000000270. The number of Topliss-reactive ketones (excluding diaryl/α,β-unsaturated/α-hetero) is 1. The van der Waals surface area contributed by atoms with E-state index < -0.39 is 154 Å². The predicted octanol–water partition coefficient (Wildman–Crippen LogP) is 10.3. The molecule has 0 heterocycles. The molecule has 0 radical (unpaired) electrons. The van der Waals surface area contributed by atoms with Crippen molar-refractivity contribution in [3.8, 4) is 11.2 Å². The fourth-order valence-corrected chi connectivity index (χ4v) is 9.02. The highest BCUT2D eigenvalue weighted by Crippen LogP contribution is 2.31. The van der Waals surface area contributed by atoms with Crippen LogP contribution in [0, 0.1) is 128 Å². The lowest BCUT2D eigenvalue weighted by Gasteiger charge is -2.44. The second-order valence-electron chi connectivity index (χ2n) is 14.3. The summed E-state index contributed by atoms with van der Waals surface area (Å²) in [5, 5.41) is 2.89. The molecule has 0 bridgehead atoms. The molecule has 0 spiro atoms. The van der Waals surface area contributed by atoms with E-state index in [1.54, 1.807) is 36.4 Å². The molecular formula is C46H17BF20O2S. The van der Waals surface area contributed by atoms with Crippen molar-refractivity contribution in [1.29, 1.82) is 0 Å². The number of hydrogen-bond donors (Lipinski definition) is 0. The van der Waals surface area contributed by atoms with Crippen LogP contribution in [0.4, 0.5) is 87.8 Å². The highest BCUT2D eigenvalue weighted by Gasteiger charge is 2.52. The topological polar surface area (TPSA) is 34.1 Å². The quantitative estimate of drug-likeness (QED) is 0.0289. The van der Waals surface area contributed by atoms with Crippen LogP contribution in [-0.4, -0.2) is 17.7 Å². The number of rotatable bonds is 8. The van der Waals surface area contributed by atoms with E-state index in [4.69, 9.17) is 0 Å². The average Bonchev–Trinajstić information content (AvgIpc) is 3.36. The van der Waals surface area contributed by atoms with E-state index in [0.717, 1.165) is 5.56 Å². The van der Waals surface area contributed by atoms with Crippen molar-refractivity contribution < 1.29 is 96.8 Å². The fourth-order valence-electron chi connectivity index (χ4n) is 7.25. The van der Waals surface area contributed by atoms with Crippen LogP contribution >= 0.6 is 0 Å². The Bertz CT molecular complexity index is 2970. The van der Waals surface area contributed by atoms with Crippen LogP contribution in [-0.2, 0) is 14.1 Å². The number of halogens is 20. The van der Waals surface area contributed by atoms with Gasteiger partial charge in [0.05, 0.1) is 0 Å². The Hall–Kier alpha value is -7.42.